The number of unbranched alkanes of at least 4 members (excludes halogenated alkanes) is 1. The zero-order valence-corrected chi connectivity index (χ0v) is 26.0. The van der Waals surface area contributed by atoms with E-state index in [1.54, 1.807) is 23.5 Å². The molecule has 0 saturated carbocycles. The van der Waals surface area contributed by atoms with Gasteiger partial charge in [0.2, 0.25) is 0 Å². The Balaban J connectivity index is 0.940. The number of hydrogen-bond donors (Lipinski definition) is 0. The highest BCUT2D eigenvalue weighted by atomic mass is 32.1. The highest BCUT2D eigenvalue weighted by Gasteiger charge is 2.18. The Morgan fingerprint density at radius 3 is 2.58 bits per heavy atom. The Morgan fingerprint density at radius 2 is 1.71 bits per heavy atom. The Hall–Kier alpha value is -4.60. The van der Waals surface area contributed by atoms with Crippen LogP contribution in [0, 0.1) is 0 Å². The molecule has 6 rings (SSSR count). The minimum absolute atomic E-state index is 0.0682. The third-order valence-corrected chi connectivity index (χ3v) is 8.89. The zero-order chi connectivity index (χ0) is 30.8. The van der Waals surface area contributed by atoms with Crippen LogP contribution in [-0.4, -0.2) is 61.6 Å². The molecule has 1 aliphatic heterocycles. The molecule has 9 heteroatoms. The van der Waals surface area contributed by atoms with Crippen molar-refractivity contribution in [3.05, 3.63) is 112 Å². The molecule has 3 heterocycles. The van der Waals surface area contributed by atoms with Gasteiger partial charge in [-0.3, -0.25) is 14.3 Å². The largest absolute Gasteiger partial charge is 0.510 e. The molecule has 8 nitrogen and oxygen atoms in total. The second kappa shape index (κ2) is 14.9. The first-order valence-electron chi connectivity index (χ1n) is 15.4. The van der Waals surface area contributed by atoms with Gasteiger partial charge in [0, 0.05) is 54.1 Å². The van der Waals surface area contributed by atoms with Gasteiger partial charge in [0.05, 0.1) is 12.1 Å². The van der Waals surface area contributed by atoms with Gasteiger partial charge >= 0.3 is 6.16 Å². The van der Waals surface area contributed by atoms with Gasteiger partial charge in [-0.1, -0.05) is 42.5 Å². The summed E-state index contributed by atoms with van der Waals surface area (Å²) in [5, 5.41) is 4.38. The Kier molecular flexibility index (Phi) is 10.1. The number of ether oxygens (including phenoxy) is 3. The average molecular weight is 624 g/mol. The molecule has 0 atom stereocenters. The van der Waals surface area contributed by atoms with Crippen LogP contribution in [-0.2, 0) is 16.2 Å². The van der Waals surface area contributed by atoms with Crippen molar-refractivity contribution >= 4 is 50.2 Å². The number of piperazine rings is 1. The van der Waals surface area contributed by atoms with Crippen molar-refractivity contribution in [3.63, 3.8) is 0 Å². The molecular weight excluding hydrogens is 586 g/mol. The number of pyridine rings is 1. The molecule has 232 valence electrons. The second-order valence-electron chi connectivity index (χ2n) is 11.0. The first kappa shape index (κ1) is 30.4. The number of thiophene rings is 1. The topological polar surface area (TPSA) is 73.2 Å². The van der Waals surface area contributed by atoms with Crippen molar-refractivity contribution in [2.45, 2.75) is 19.6 Å². The van der Waals surface area contributed by atoms with E-state index in [0.717, 1.165) is 56.5 Å². The summed E-state index contributed by atoms with van der Waals surface area (Å²) in [5.74, 6) is 0.673. The summed E-state index contributed by atoms with van der Waals surface area (Å²) in [4.78, 5) is 29.8. The molecule has 0 bridgehead atoms. The number of carbonyl (C=O) groups is 1. The van der Waals surface area contributed by atoms with Crippen LogP contribution >= 0.6 is 11.3 Å². The fraction of sp³-hybridized carbons (Fsp3) is 0.278. The minimum Gasteiger partial charge on any atom is -0.494 e. The van der Waals surface area contributed by atoms with E-state index >= 15 is 0 Å². The molecule has 1 saturated heterocycles. The van der Waals surface area contributed by atoms with E-state index in [4.69, 9.17) is 14.2 Å². The van der Waals surface area contributed by atoms with Crippen molar-refractivity contribution in [2.75, 3.05) is 50.8 Å². The number of anilines is 1. The predicted molar refractivity (Wildman–Crippen MR) is 181 cm³/mol. The SMILES string of the molecule is O=C(OCC=Cc1ccccc1)OCn1c(=O)ccc2ccc(OCCCCN3CCN(c4cccc5sccc45)CC3)cc21. The first-order chi connectivity index (χ1) is 22.1. The van der Waals surface area contributed by atoms with Crippen LogP contribution in [0.4, 0.5) is 10.5 Å². The molecule has 0 N–H and O–H groups in total. The third-order valence-electron chi connectivity index (χ3n) is 8.01. The molecule has 0 radical (unpaired) electrons. The monoisotopic (exact) mass is 623 g/mol. The molecule has 0 aliphatic carbocycles. The van der Waals surface area contributed by atoms with Gasteiger partial charge < -0.3 is 19.1 Å². The molecule has 1 aliphatic rings. The van der Waals surface area contributed by atoms with Crippen LogP contribution in [0.15, 0.2) is 101 Å². The summed E-state index contributed by atoms with van der Waals surface area (Å²) in [7, 11) is 0. The first-order valence-corrected chi connectivity index (χ1v) is 16.2. The Labute approximate surface area is 266 Å². The van der Waals surface area contributed by atoms with Gasteiger partial charge in [-0.05, 0) is 78.2 Å². The van der Waals surface area contributed by atoms with Crippen LogP contribution in [0.3, 0.4) is 0 Å². The number of benzene rings is 3. The zero-order valence-electron chi connectivity index (χ0n) is 25.2. The second-order valence-corrected chi connectivity index (χ2v) is 11.9. The summed E-state index contributed by atoms with van der Waals surface area (Å²) in [6, 6.07) is 27.4. The summed E-state index contributed by atoms with van der Waals surface area (Å²) in [6.07, 6.45) is 4.73. The Morgan fingerprint density at radius 1 is 0.867 bits per heavy atom. The molecular formula is C36H37N3O5S. The van der Waals surface area contributed by atoms with Gasteiger partial charge in [-0.2, -0.15) is 0 Å². The van der Waals surface area contributed by atoms with Crippen molar-refractivity contribution in [2.24, 2.45) is 0 Å². The molecule has 0 unspecified atom stereocenters. The summed E-state index contributed by atoms with van der Waals surface area (Å²) in [6.45, 7) is 5.64. The van der Waals surface area contributed by atoms with E-state index < -0.39 is 6.16 Å². The van der Waals surface area contributed by atoms with Crippen LogP contribution in [0.1, 0.15) is 18.4 Å². The lowest BCUT2D eigenvalue weighted by Crippen LogP contribution is -2.46. The fourth-order valence-corrected chi connectivity index (χ4v) is 6.42. The lowest BCUT2D eigenvalue weighted by atomic mass is 10.2. The predicted octanol–water partition coefficient (Wildman–Crippen LogP) is 7.02. The van der Waals surface area contributed by atoms with Crippen LogP contribution in [0.5, 0.6) is 5.75 Å². The average Bonchev–Trinajstić information content (AvgIpc) is 3.56. The molecule has 45 heavy (non-hydrogen) atoms. The maximum Gasteiger partial charge on any atom is 0.510 e. The number of nitrogens with zero attached hydrogens (tertiary/aromatic N) is 3. The summed E-state index contributed by atoms with van der Waals surface area (Å²) >= 11 is 1.80. The van der Waals surface area contributed by atoms with E-state index in [-0.39, 0.29) is 18.9 Å². The lowest BCUT2D eigenvalue weighted by molar-refractivity contribution is 0.0409. The smallest absolute Gasteiger partial charge is 0.494 e. The van der Waals surface area contributed by atoms with Crippen molar-refractivity contribution in [1.82, 2.24) is 9.47 Å². The minimum atomic E-state index is -0.842. The van der Waals surface area contributed by atoms with E-state index in [9.17, 15) is 9.59 Å². The molecule has 2 aromatic heterocycles. The van der Waals surface area contributed by atoms with Crippen LogP contribution < -0.4 is 15.2 Å². The molecule has 0 amide bonds. The van der Waals surface area contributed by atoms with E-state index in [2.05, 4.69) is 39.4 Å². The van der Waals surface area contributed by atoms with Crippen molar-refractivity contribution < 1.29 is 19.0 Å². The van der Waals surface area contributed by atoms with Crippen LogP contribution in [0.25, 0.3) is 27.1 Å². The van der Waals surface area contributed by atoms with Crippen molar-refractivity contribution in [1.29, 1.82) is 0 Å². The highest BCUT2D eigenvalue weighted by molar-refractivity contribution is 7.17. The van der Waals surface area contributed by atoms with Crippen LogP contribution in [0.2, 0.25) is 0 Å². The highest BCUT2D eigenvalue weighted by Crippen LogP contribution is 2.31. The number of hydrogen-bond acceptors (Lipinski definition) is 8. The molecule has 1 fully saturated rings. The molecule has 5 aromatic rings. The van der Waals surface area contributed by atoms with Gasteiger partial charge in [0.15, 0.2) is 6.73 Å². The van der Waals surface area contributed by atoms with Crippen molar-refractivity contribution in [3.8, 4) is 5.75 Å². The summed E-state index contributed by atoms with van der Waals surface area (Å²) in [5.41, 5.74) is 2.71. The van der Waals surface area contributed by atoms with E-state index in [1.165, 1.54) is 26.4 Å². The fourth-order valence-electron chi connectivity index (χ4n) is 5.61. The normalized spacial score (nSPS) is 13.9. The summed E-state index contributed by atoms with van der Waals surface area (Å²) < 4.78 is 19.2. The number of aromatic nitrogens is 1. The van der Waals surface area contributed by atoms with Gasteiger partial charge in [-0.15, -0.1) is 11.3 Å². The standard InChI is InChI=1S/C36H37N3O5S/c40-35-16-14-29-13-15-30(26-33(29)39(35)27-44-36(41)43-24-7-10-28-8-2-1-3-9-28)42-23-5-4-18-37-19-21-38(22-20-37)32-11-6-12-34-31(32)17-25-45-34/h1-3,6-17,25-26H,4-5,18-24,27H2. The maximum atomic E-state index is 12.6. The van der Waals surface area contributed by atoms with Gasteiger partial charge in [0.25, 0.3) is 5.56 Å². The molecule has 3 aromatic carbocycles. The maximum absolute atomic E-state index is 12.6. The number of carbonyl (C=O) groups excluding carboxylic acids is 1. The molecule has 0 spiro atoms. The third kappa shape index (κ3) is 7.92. The van der Waals surface area contributed by atoms with Gasteiger partial charge in [-0.25, -0.2) is 4.79 Å². The van der Waals surface area contributed by atoms with E-state index in [1.807, 2.05) is 54.6 Å². The quantitative estimate of drug-likeness (QED) is 0.109. The Bertz CT molecular complexity index is 1810. The van der Waals surface area contributed by atoms with Gasteiger partial charge in [0.1, 0.15) is 12.4 Å². The van der Waals surface area contributed by atoms with E-state index in [0.29, 0.717) is 17.9 Å². The number of fused-ring (bicyclic) bond motifs is 2. The lowest BCUT2D eigenvalue weighted by Gasteiger charge is -2.36. The number of rotatable bonds is 12.